The maximum Gasteiger partial charge on any atom is 0.169 e. The molecule has 0 atom stereocenters. The monoisotopic (exact) mass is 229 g/mol. The minimum Gasteiger partial charge on any atom is -0.396 e. The van der Waals surface area contributed by atoms with E-state index < -0.39 is 0 Å². The van der Waals surface area contributed by atoms with Gasteiger partial charge in [0.2, 0.25) is 0 Å². The van der Waals surface area contributed by atoms with Gasteiger partial charge in [-0.3, -0.25) is 4.68 Å². The van der Waals surface area contributed by atoms with Gasteiger partial charge in [-0.2, -0.15) is 10.4 Å². The van der Waals surface area contributed by atoms with Crippen molar-refractivity contribution in [3.8, 4) is 6.07 Å². The number of hydrogen-bond acceptors (Lipinski definition) is 6. The summed E-state index contributed by atoms with van der Waals surface area (Å²) >= 11 is 0. The Hall–Kier alpha value is -2.62. The fraction of sp³-hybridized carbons (Fsp3) is 0.200. The molecule has 0 saturated carbocycles. The van der Waals surface area contributed by atoms with Crippen molar-refractivity contribution in [2.75, 3.05) is 11.1 Å². The minimum atomic E-state index is 0.212. The highest BCUT2D eigenvalue weighted by atomic mass is 15.3. The van der Waals surface area contributed by atoms with Gasteiger partial charge in [0, 0.05) is 7.05 Å². The van der Waals surface area contributed by atoms with E-state index in [0.717, 1.165) is 0 Å². The lowest BCUT2D eigenvalue weighted by molar-refractivity contribution is 0.747. The summed E-state index contributed by atoms with van der Waals surface area (Å²) in [6.45, 7) is 0.447. The molecule has 0 spiro atoms. The Morgan fingerprint density at radius 1 is 1.53 bits per heavy atom. The van der Waals surface area contributed by atoms with E-state index in [9.17, 15) is 0 Å². The van der Waals surface area contributed by atoms with Crippen molar-refractivity contribution in [2.45, 2.75) is 6.54 Å². The second-order valence-corrected chi connectivity index (χ2v) is 3.43. The van der Waals surface area contributed by atoms with Gasteiger partial charge in [-0.05, 0) is 12.1 Å². The number of anilines is 2. The second-order valence-electron chi connectivity index (χ2n) is 3.43. The molecule has 7 nitrogen and oxygen atoms in total. The van der Waals surface area contributed by atoms with Crippen LogP contribution in [-0.4, -0.2) is 19.7 Å². The summed E-state index contributed by atoms with van der Waals surface area (Å²) < 4.78 is 1.62. The van der Waals surface area contributed by atoms with Crippen molar-refractivity contribution in [3.05, 3.63) is 30.0 Å². The van der Waals surface area contributed by atoms with Crippen LogP contribution in [0, 0.1) is 11.3 Å². The zero-order chi connectivity index (χ0) is 12.3. The van der Waals surface area contributed by atoms with Crippen molar-refractivity contribution in [1.82, 2.24) is 19.7 Å². The lowest BCUT2D eigenvalue weighted by Crippen LogP contribution is -2.05. The third-order valence-corrected chi connectivity index (χ3v) is 2.11. The highest BCUT2D eigenvalue weighted by Crippen LogP contribution is 2.12. The van der Waals surface area contributed by atoms with E-state index in [0.29, 0.717) is 23.9 Å². The van der Waals surface area contributed by atoms with Crippen LogP contribution >= 0.6 is 0 Å². The van der Waals surface area contributed by atoms with Crippen LogP contribution in [0.4, 0.5) is 11.5 Å². The van der Waals surface area contributed by atoms with Gasteiger partial charge in [-0.1, -0.05) is 0 Å². The number of rotatable bonds is 3. The Morgan fingerprint density at radius 2 is 2.35 bits per heavy atom. The van der Waals surface area contributed by atoms with Gasteiger partial charge in [0.25, 0.3) is 0 Å². The topological polar surface area (TPSA) is 105 Å². The fourth-order valence-electron chi connectivity index (χ4n) is 1.29. The van der Waals surface area contributed by atoms with Crippen LogP contribution < -0.4 is 11.1 Å². The van der Waals surface area contributed by atoms with Crippen LogP contribution in [-0.2, 0) is 13.6 Å². The van der Waals surface area contributed by atoms with Gasteiger partial charge in [0.05, 0.1) is 12.2 Å². The smallest absolute Gasteiger partial charge is 0.169 e. The molecular formula is C10H11N7. The Bertz CT molecular complexity index is 566. The molecule has 0 saturated heterocycles. The first-order valence-corrected chi connectivity index (χ1v) is 4.94. The largest absolute Gasteiger partial charge is 0.396 e. The van der Waals surface area contributed by atoms with E-state index in [1.165, 1.54) is 0 Å². The summed E-state index contributed by atoms with van der Waals surface area (Å²) in [5, 5.41) is 15.9. The van der Waals surface area contributed by atoms with E-state index in [1.54, 1.807) is 30.2 Å². The van der Waals surface area contributed by atoms with Gasteiger partial charge in [0.1, 0.15) is 18.2 Å². The molecule has 2 aromatic rings. The molecule has 0 aliphatic rings. The lowest BCUT2D eigenvalue weighted by Gasteiger charge is -2.04. The van der Waals surface area contributed by atoms with Crippen LogP contribution in [0.15, 0.2) is 18.5 Å². The maximum atomic E-state index is 8.78. The van der Waals surface area contributed by atoms with Gasteiger partial charge >= 0.3 is 0 Å². The van der Waals surface area contributed by atoms with Crippen molar-refractivity contribution in [3.63, 3.8) is 0 Å². The molecule has 0 aromatic carbocycles. The van der Waals surface area contributed by atoms with Crippen LogP contribution in [0.5, 0.6) is 0 Å². The molecule has 86 valence electrons. The number of nitrogen functional groups attached to an aromatic ring is 1. The molecule has 0 aliphatic carbocycles. The van der Waals surface area contributed by atoms with E-state index in [4.69, 9.17) is 11.0 Å². The Balaban J connectivity index is 2.07. The molecule has 0 unspecified atom stereocenters. The number of nitriles is 1. The SMILES string of the molecule is Cn1cnc(CNc2ccc(N)c(C#N)n2)n1. The van der Waals surface area contributed by atoms with Gasteiger partial charge in [0.15, 0.2) is 11.5 Å². The summed E-state index contributed by atoms with van der Waals surface area (Å²) in [5.41, 5.74) is 6.15. The first kappa shape index (κ1) is 10.9. The van der Waals surface area contributed by atoms with Crippen molar-refractivity contribution in [2.24, 2.45) is 7.05 Å². The number of aromatic nitrogens is 4. The Labute approximate surface area is 97.9 Å². The van der Waals surface area contributed by atoms with Crippen LogP contribution in [0.25, 0.3) is 0 Å². The average molecular weight is 229 g/mol. The molecule has 0 radical (unpaired) electrons. The third-order valence-electron chi connectivity index (χ3n) is 2.11. The normalized spacial score (nSPS) is 9.88. The molecule has 17 heavy (non-hydrogen) atoms. The first-order chi connectivity index (χ1) is 8.19. The lowest BCUT2D eigenvalue weighted by atomic mass is 10.3. The number of nitrogens with zero attached hydrogens (tertiary/aromatic N) is 5. The second kappa shape index (κ2) is 4.49. The highest BCUT2D eigenvalue weighted by molar-refractivity contribution is 5.54. The zero-order valence-corrected chi connectivity index (χ0v) is 9.25. The fourth-order valence-corrected chi connectivity index (χ4v) is 1.29. The van der Waals surface area contributed by atoms with E-state index in [1.807, 2.05) is 6.07 Å². The molecule has 2 aromatic heterocycles. The molecule has 3 N–H and O–H groups in total. The molecule has 0 bridgehead atoms. The quantitative estimate of drug-likeness (QED) is 0.782. The van der Waals surface area contributed by atoms with Gasteiger partial charge in [-0.25, -0.2) is 9.97 Å². The number of nitrogens with two attached hydrogens (primary N) is 1. The summed E-state index contributed by atoms with van der Waals surface area (Å²) in [6, 6.07) is 5.27. The molecular weight excluding hydrogens is 218 g/mol. The third kappa shape index (κ3) is 2.49. The number of nitrogens with one attached hydrogen (secondary N) is 1. The summed E-state index contributed by atoms with van der Waals surface area (Å²) in [4.78, 5) is 8.12. The number of aryl methyl sites for hydroxylation is 1. The van der Waals surface area contributed by atoms with E-state index in [-0.39, 0.29) is 5.69 Å². The van der Waals surface area contributed by atoms with Crippen LogP contribution in [0.1, 0.15) is 11.5 Å². The summed E-state index contributed by atoms with van der Waals surface area (Å²) in [5.74, 6) is 1.23. The summed E-state index contributed by atoms with van der Waals surface area (Å²) in [7, 11) is 1.80. The minimum absolute atomic E-state index is 0.212. The van der Waals surface area contributed by atoms with Gasteiger partial charge < -0.3 is 11.1 Å². The number of hydrogen-bond donors (Lipinski definition) is 2. The van der Waals surface area contributed by atoms with Crippen LogP contribution in [0.2, 0.25) is 0 Å². The Kier molecular flexibility index (Phi) is 2.87. The molecule has 0 fully saturated rings. The summed E-state index contributed by atoms with van der Waals surface area (Å²) in [6.07, 6.45) is 1.62. The van der Waals surface area contributed by atoms with Crippen molar-refractivity contribution in [1.29, 1.82) is 5.26 Å². The zero-order valence-electron chi connectivity index (χ0n) is 9.25. The standard InChI is InChI=1S/C10H11N7/c1-17-6-14-10(16-17)5-13-9-3-2-7(12)8(4-11)15-9/h2-3,6H,5,12H2,1H3,(H,13,15). The predicted molar refractivity (Wildman–Crippen MR) is 61.7 cm³/mol. The molecule has 2 heterocycles. The van der Waals surface area contributed by atoms with E-state index >= 15 is 0 Å². The van der Waals surface area contributed by atoms with E-state index in [2.05, 4.69) is 20.4 Å². The van der Waals surface area contributed by atoms with Crippen molar-refractivity contribution >= 4 is 11.5 Å². The Morgan fingerprint density at radius 3 is 3.00 bits per heavy atom. The number of pyridine rings is 1. The molecule has 0 amide bonds. The van der Waals surface area contributed by atoms with Crippen molar-refractivity contribution < 1.29 is 0 Å². The maximum absolute atomic E-state index is 8.78. The molecule has 0 aliphatic heterocycles. The highest BCUT2D eigenvalue weighted by Gasteiger charge is 2.03. The van der Waals surface area contributed by atoms with Crippen LogP contribution in [0.3, 0.4) is 0 Å². The predicted octanol–water partition coefficient (Wildman–Crippen LogP) is 0.276. The van der Waals surface area contributed by atoms with Gasteiger partial charge in [-0.15, -0.1) is 0 Å². The first-order valence-electron chi connectivity index (χ1n) is 4.94. The average Bonchev–Trinajstić information content (AvgIpc) is 2.74. The molecule has 7 heteroatoms. The molecule has 2 rings (SSSR count).